The minimum Gasteiger partial charge on any atom is -0.374 e. The average molecular weight is 121 g/mol. The molecule has 0 spiro atoms. The van der Waals surface area contributed by atoms with Crippen LogP contribution in [0.1, 0.15) is 13.3 Å². The van der Waals surface area contributed by atoms with Gasteiger partial charge in [-0.25, -0.2) is 0 Å². The Labute approximate surface area is 48.6 Å². The SMILES string of the molecule is CC/C=C/C(O)Cl. The summed E-state index contributed by atoms with van der Waals surface area (Å²) in [6.45, 7) is 1.98. The molecule has 1 N–H and O–H groups in total. The average Bonchev–Trinajstić information content (AvgIpc) is 1.61. The molecule has 7 heavy (non-hydrogen) atoms. The predicted octanol–water partition coefficient (Wildman–Crippen LogP) is 1.51. The molecule has 0 aliphatic carbocycles. The molecule has 0 fully saturated rings. The van der Waals surface area contributed by atoms with Crippen molar-refractivity contribution in [2.75, 3.05) is 0 Å². The molecule has 0 aromatic heterocycles. The van der Waals surface area contributed by atoms with Crippen LogP contribution in [0.4, 0.5) is 0 Å². The van der Waals surface area contributed by atoms with Crippen molar-refractivity contribution >= 4 is 11.6 Å². The Hall–Kier alpha value is -0.0100. The van der Waals surface area contributed by atoms with Crippen molar-refractivity contribution < 1.29 is 5.11 Å². The Morgan fingerprint density at radius 3 is 2.57 bits per heavy atom. The van der Waals surface area contributed by atoms with Gasteiger partial charge in [0.05, 0.1) is 0 Å². The molecule has 2 heteroatoms. The Balaban J connectivity index is 3.08. The van der Waals surface area contributed by atoms with E-state index in [0.717, 1.165) is 6.42 Å². The van der Waals surface area contributed by atoms with Gasteiger partial charge in [-0.3, -0.25) is 0 Å². The molecule has 0 aliphatic rings. The van der Waals surface area contributed by atoms with E-state index < -0.39 is 5.56 Å². The highest BCUT2D eigenvalue weighted by Crippen LogP contribution is 1.91. The fourth-order valence-corrected chi connectivity index (χ4v) is 0.351. The van der Waals surface area contributed by atoms with Crippen molar-refractivity contribution in [1.82, 2.24) is 0 Å². The lowest BCUT2D eigenvalue weighted by molar-refractivity contribution is 0.303. The quantitative estimate of drug-likeness (QED) is 0.433. The summed E-state index contributed by atoms with van der Waals surface area (Å²) in [6, 6.07) is 0. The van der Waals surface area contributed by atoms with Gasteiger partial charge in [-0.2, -0.15) is 0 Å². The monoisotopic (exact) mass is 120 g/mol. The van der Waals surface area contributed by atoms with E-state index in [0.29, 0.717) is 0 Å². The first kappa shape index (κ1) is 6.99. The predicted molar refractivity (Wildman–Crippen MR) is 31.3 cm³/mol. The van der Waals surface area contributed by atoms with Crippen molar-refractivity contribution in [2.24, 2.45) is 0 Å². The lowest BCUT2D eigenvalue weighted by atomic mass is 10.4. The Bertz CT molecular complexity index is 59.1. The Kier molecular flexibility index (Phi) is 4.15. The highest BCUT2D eigenvalue weighted by Gasteiger charge is 1.83. The fraction of sp³-hybridized carbons (Fsp3) is 0.600. The van der Waals surface area contributed by atoms with Crippen LogP contribution in [0.5, 0.6) is 0 Å². The number of hydrogen-bond donors (Lipinski definition) is 1. The maximum atomic E-state index is 8.36. The summed E-state index contributed by atoms with van der Waals surface area (Å²) < 4.78 is 0. The van der Waals surface area contributed by atoms with E-state index in [4.69, 9.17) is 16.7 Å². The lowest BCUT2D eigenvalue weighted by Gasteiger charge is -1.86. The van der Waals surface area contributed by atoms with Gasteiger partial charge in [0.1, 0.15) is 5.56 Å². The molecule has 0 rings (SSSR count). The summed E-state index contributed by atoms with van der Waals surface area (Å²) in [5.41, 5.74) is -0.806. The maximum absolute atomic E-state index is 8.36. The number of alkyl halides is 1. The van der Waals surface area contributed by atoms with Crippen LogP contribution in [0, 0.1) is 0 Å². The van der Waals surface area contributed by atoms with Crippen LogP contribution in [0.2, 0.25) is 0 Å². The van der Waals surface area contributed by atoms with Crippen molar-refractivity contribution in [3.63, 3.8) is 0 Å². The van der Waals surface area contributed by atoms with Crippen LogP contribution >= 0.6 is 11.6 Å². The summed E-state index contributed by atoms with van der Waals surface area (Å²) in [5, 5.41) is 8.36. The molecule has 0 aromatic carbocycles. The largest absolute Gasteiger partial charge is 0.374 e. The molecular weight excluding hydrogens is 112 g/mol. The van der Waals surface area contributed by atoms with Crippen LogP contribution in [0.3, 0.4) is 0 Å². The molecule has 0 saturated heterocycles. The van der Waals surface area contributed by atoms with Gasteiger partial charge in [-0.15, -0.1) is 0 Å². The first-order chi connectivity index (χ1) is 3.27. The topological polar surface area (TPSA) is 20.2 Å². The minimum absolute atomic E-state index is 0.806. The third kappa shape index (κ3) is 5.99. The third-order valence-electron chi connectivity index (χ3n) is 0.531. The highest BCUT2D eigenvalue weighted by molar-refractivity contribution is 6.20. The van der Waals surface area contributed by atoms with Gasteiger partial charge < -0.3 is 5.11 Å². The molecule has 1 atom stereocenters. The zero-order valence-electron chi connectivity index (χ0n) is 4.26. The molecule has 0 heterocycles. The van der Waals surface area contributed by atoms with E-state index in [2.05, 4.69) is 0 Å². The second-order valence-electron chi connectivity index (χ2n) is 1.21. The summed E-state index contributed by atoms with van der Waals surface area (Å²) in [4.78, 5) is 0. The second-order valence-corrected chi connectivity index (χ2v) is 1.66. The van der Waals surface area contributed by atoms with Gasteiger partial charge in [0.2, 0.25) is 0 Å². The van der Waals surface area contributed by atoms with Gasteiger partial charge in [-0.05, 0) is 12.5 Å². The van der Waals surface area contributed by atoms with E-state index >= 15 is 0 Å². The fourth-order valence-electron chi connectivity index (χ4n) is 0.248. The standard InChI is InChI=1S/C5H9ClO/c1-2-3-4-5(6)7/h3-5,7H,2H2,1H3/b4-3+. The number of halogens is 1. The van der Waals surface area contributed by atoms with E-state index in [1.165, 1.54) is 0 Å². The normalized spacial score (nSPS) is 15.3. The molecule has 0 aliphatic heterocycles. The van der Waals surface area contributed by atoms with Crippen LogP contribution in [-0.4, -0.2) is 10.7 Å². The zero-order valence-corrected chi connectivity index (χ0v) is 5.02. The van der Waals surface area contributed by atoms with Crippen molar-refractivity contribution in [1.29, 1.82) is 0 Å². The molecule has 0 radical (unpaired) electrons. The van der Waals surface area contributed by atoms with Crippen LogP contribution < -0.4 is 0 Å². The Morgan fingerprint density at radius 2 is 2.43 bits per heavy atom. The van der Waals surface area contributed by atoms with Gasteiger partial charge >= 0.3 is 0 Å². The minimum atomic E-state index is -0.806. The number of allylic oxidation sites excluding steroid dienone is 1. The molecule has 1 unspecified atom stereocenters. The number of hydrogen-bond acceptors (Lipinski definition) is 1. The number of aliphatic hydroxyl groups is 1. The second kappa shape index (κ2) is 4.16. The van der Waals surface area contributed by atoms with Gasteiger partial charge in [0.25, 0.3) is 0 Å². The van der Waals surface area contributed by atoms with Crippen molar-refractivity contribution in [2.45, 2.75) is 18.9 Å². The first-order valence-corrected chi connectivity index (χ1v) is 2.69. The van der Waals surface area contributed by atoms with Crippen LogP contribution in [-0.2, 0) is 0 Å². The number of aliphatic hydroxyl groups excluding tert-OH is 1. The van der Waals surface area contributed by atoms with Crippen LogP contribution in [0.15, 0.2) is 12.2 Å². The van der Waals surface area contributed by atoms with E-state index in [1.807, 2.05) is 13.0 Å². The smallest absolute Gasteiger partial charge is 0.146 e. The molecule has 0 aromatic rings. The summed E-state index contributed by atoms with van der Waals surface area (Å²) in [6.07, 6.45) is 4.28. The molecule has 0 bridgehead atoms. The van der Waals surface area contributed by atoms with Gasteiger partial charge in [0, 0.05) is 0 Å². The molecule has 0 saturated carbocycles. The van der Waals surface area contributed by atoms with E-state index in [1.54, 1.807) is 6.08 Å². The number of rotatable bonds is 2. The van der Waals surface area contributed by atoms with Gasteiger partial charge in [-0.1, -0.05) is 24.6 Å². The lowest BCUT2D eigenvalue weighted by Crippen LogP contribution is -1.85. The summed E-state index contributed by atoms with van der Waals surface area (Å²) in [5.74, 6) is 0. The highest BCUT2D eigenvalue weighted by atomic mass is 35.5. The molecule has 0 amide bonds. The van der Waals surface area contributed by atoms with E-state index in [9.17, 15) is 0 Å². The van der Waals surface area contributed by atoms with Gasteiger partial charge in [0.15, 0.2) is 0 Å². The molecular formula is C5H9ClO. The zero-order chi connectivity index (χ0) is 5.70. The van der Waals surface area contributed by atoms with Crippen molar-refractivity contribution in [3.05, 3.63) is 12.2 Å². The maximum Gasteiger partial charge on any atom is 0.146 e. The third-order valence-corrected chi connectivity index (χ3v) is 0.676. The van der Waals surface area contributed by atoms with E-state index in [-0.39, 0.29) is 0 Å². The molecule has 1 nitrogen and oxygen atoms in total. The summed E-state index contributed by atoms with van der Waals surface area (Å²) >= 11 is 5.13. The summed E-state index contributed by atoms with van der Waals surface area (Å²) in [7, 11) is 0. The van der Waals surface area contributed by atoms with Crippen LogP contribution in [0.25, 0.3) is 0 Å². The van der Waals surface area contributed by atoms with Crippen molar-refractivity contribution in [3.8, 4) is 0 Å². The first-order valence-electron chi connectivity index (χ1n) is 2.26. The Morgan fingerprint density at radius 1 is 1.86 bits per heavy atom. The molecule has 42 valence electrons.